The minimum atomic E-state index is -2.40. The molecule has 0 unspecified atom stereocenters. The molecule has 0 radical (unpaired) electrons. The number of primary amides is 1. The van der Waals surface area contributed by atoms with E-state index in [0.29, 0.717) is 76.0 Å². The van der Waals surface area contributed by atoms with Crippen molar-refractivity contribution in [2.75, 3.05) is 45.9 Å². The molecule has 1 aliphatic rings. The number of halogens is 1. The van der Waals surface area contributed by atoms with Gasteiger partial charge in [-0.15, -0.1) is 10.2 Å². The molecule has 6 rings (SSSR count). The summed E-state index contributed by atoms with van der Waals surface area (Å²) < 4.78 is 21.5. The number of carboxylic acid groups (broad SMARTS) is 1. The van der Waals surface area contributed by atoms with Crippen molar-refractivity contribution >= 4 is 76.9 Å². The van der Waals surface area contributed by atoms with Crippen LogP contribution in [0.3, 0.4) is 0 Å². The third-order valence-electron chi connectivity index (χ3n) is 18.3. The van der Waals surface area contributed by atoms with E-state index < -0.39 is 163 Å². The van der Waals surface area contributed by atoms with Gasteiger partial charge < -0.3 is 89.0 Å². The first-order chi connectivity index (χ1) is 53.8. The first kappa shape index (κ1) is 89.9. The summed E-state index contributed by atoms with van der Waals surface area (Å²) in [7, 11) is 0. The number of aromatic amines is 1. The van der Waals surface area contributed by atoms with Crippen molar-refractivity contribution in [2.24, 2.45) is 10.8 Å². The number of nitrogens with zero attached hydrogens (tertiary/aromatic N) is 7. The van der Waals surface area contributed by atoms with E-state index in [1.807, 2.05) is 57.2 Å². The predicted octanol–water partition coefficient (Wildman–Crippen LogP) is -0.677. The maximum Gasteiger partial charge on any atom is 0.305 e. The summed E-state index contributed by atoms with van der Waals surface area (Å²) in [6.07, 6.45) is -2.56. The van der Waals surface area contributed by atoms with Gasteiger partial charge in [-0.3, -0.25) is 62.3 Å². The number of aliphatic hydroxyl groups excluding tert-OH is 3. The van der Waals surface area contributed by atoms with Gasteiger partial charge in [-0.1, -0.05) is 95.1 Å². The van der Waals surface area contributed by atoms with Crippen LogP contribution in [0.5, 0.6) is 5.75 Å². The molecular formula is C75H100FN19O18. The molecule has 12 amide bonds. The van der Waals surface area contributed by atoms with Gasteiger partial charge in [-0.2, -0.15) is 5.21 Å². The van der Waals surface area contributed by atoms with E-state index in [9.17, 15) is 82.8 Å². The zero-order chi connectivity index (χ0) is 82.9. The smallest absolute Gasteiger partial charge is 0.305 e. The van der Waals surface area contributed by atoms with Crippen molar-refractivity contribution in [3.05, 3.63) is 140 Å². The molecule has 4 aromatic carbocycles. The summed E-state index contributed by atoms with van der Waals surface area (Å²) in [6.45, 7) is 8.14. The van der Waals surface area contributed by atoms with E-state index in [4.69, 9.17) is 16.0 Å². The molecule has 0 bridgehead atoms. The average Bonchev–Trinajstić information content (AvgIpc) is 1.06. The molecule has 1 saturated heterocycles. The predicted molar refractivity (Wildman–Crippen MR) is 404 cm³/mol. The number of nitrogens with one attached hydrogen (secondary N) is 11. The number of rotatable bonds is 47. The molecule has 113 heavy (non-hydrogen) atoms. The number of azide groups is 1. The van der Waals surface area contributed by atoms with Crippen molar-refractivity contribution in [2.45, 2.75) is 191 Å². The lowest BCUT2D eigenvalue weighted by Crippen LogP contribution is -2.67. The highest BCUT2D eigenvalue weighted by Gasteiger charge is 2.43. The van der Waals surface area contributed by atoms with Gasteiger partial charge in [-0.05, 0) is 137 Å². The van der Waals surface area contributed by atoms with Gasteiger partial charge in [0.2, 0.25) is 70.9 Å². The molecule has 5 aromatic rings. The highest BCUT2D eigenvalue weighted by atomic mass is 19.1. The molecule has 0 aliphatic carbocycles. The summed E-state index contributed by atoms with van der Waals surface area (Å²) in [4.78, 5) is 181. The molecule has 0 spiro atoms. The third kappa shape index (κ3) is 29.3. The number of unbranched alkanes of at least 4 members (excludes halogenated alkanes) is 1. The van der Waals surface area contributed by atoms with Crippen LogP contribution in [0.4, 0.5) is 4.39 Å². The third-order valence-corrected chi connectivity index (χ3v) is 18.3. The number of aliphatic carboxylic acids is 1. The van der Waals surface area contributed by atoms with Crippen LogP contribution in [0.1, 0.15) is 125 Å². The van der Waals surface area contributed by atoms with Crippen molar-refractivity contribution < 1.29 is 91.9 Å². The van der Waals surface area contributed by atoms with Crippen LogP contribution in [0.25, 0.3) is 21.6 Å². The van der Waals surface area contributed by atoms with Crippen LogP contribution in [-0.4, -0.2) is 229 Å². The number of carbonyl (C=O) groups is 13. The number of aliphatic hydroxyl groups is 3. The normalized spacial score (nSPS) is 14.7. The number of aryl methyl sites for hydroxylation is 4. The second kappa shape index (κ2) is 44.7. The number of amides is 12. The Balaban J connectivity index is 1.15. The second-order valence-corrected chi connectivity index (χ2v) is 27.7. The van der Waals surface area contributed by atoms with E-state index in [2.05, 4.69) is 83.8 Å². The fourth-order valence-electron chi connectivity index (χ4n) is 12.4. The molecule has 1 aliphatic heterocycles. The maximum atomic E-state index is 15.5. The van der Waals surface area contributed by atoms with Crippen LogP contribution in [0, 0.1) is 19.7 Å². The Labute approximate surface area is 650 Å². The van der Waals surface area contributed by atoms with E-state index in [0.717, 1.165) is 60.2 Å². The van der Waals surface area contributed by atoms with Crippen molar-refractivity contribution in [3.8, 4) is 16.9 Å². The van der Waals surface area contributed by atoms with Gasteiger partial charge in [0.05, 0.1) is 38.4 Å². The summed E-state index contributed by atoms with van der Waals surface area (Å²) in [6, 6.07) is 10.9. The largest absolute Gasteiger partial charge is 0.494 e. The molecule has 1 aromatic heterocycles. The van der Waals surface area contributed by atoms with Crippen LogP contribution < -0.4 is 63.6 Å². The molecule has 17 N–H and O–H groups in total. The second-order valence-electron chi connectivity index (χ2n) is 27.7. The lowest BCUT2D eigenvalue weighted by Gasteiger charge is -2.34. The van der Waals surface area contributed by atoms with Crippen LogP contribution in [-0.2, 0) is 94.4 Å². The number of likely N-dealkylation sites (tertiary alicyclic amines) is 1. The summed E-state index contributed by atoms with van der Waals surface area (Å²) in [5, 5.41) is 83.1. The first-order valence-corrected chi connectivity index (χ1v) is 36.9. The molecule has 37 nitrogen and oxygen atoms in total. The van der Waals surface area contributed by atoms with Gasteiger partial charge >= 0.3 is 5.97 Å². The fourth-order valence-corrected chi connectivity index (χ4v) is 12.4. The van der Waals surface area contributed by atoms with E-state index in [-0.39, 0.29) is 62.5 Å². The summed E-state index contributed by atoms with van der Waals surface area (Å²) >= 11 is 0. The Hall–Kier alpha value is -12.0. The number of carbonyl (C=O) groups excluding carboxylic acids is 12. The zero-order valence-electron chi connectivity index (χ0n) is 63.7. The van der Waals surface area contributed by atoms with E-state index in [1.54, 1.807) is 29.2 Å². The number of tetrazole rings is 1. The lowest BCUT2D eigenvalue weighted by atomic mass is 9.90. The molecule has 10 atom stereocenters. The standard InChI is InChI=1S/C75H100FN19O18/c1-7-48-36-51(113-31-11-10-27-81-92-78)23-24-52(48)49-21-19-46(20-22-49)35-55(69(107)83-54(67(77)105)17-12-14-47-33-42(2)32-43(3)34-47)84-70(108)57(38-64(103)104)85-71(109)58(41-96)86-72(110)65(44(4)97)88-74(112)75(6,39-50-15-8-9-16-53(50)76)89-73(111)66(45(5)98)87-62(101)40-80-68(106)56(37-59-90-93-94-91-59)82-61(100)25-28-79-60(99)26-30-95-29-13-18-63(95)102/h8-9,15-16,19-24,32-34,36,44-45,54-58,65-66,96-98H,7,10-14,17-18,25-31,35,37-41H2,1-6H3,(H2,77,105)(H,79,99)(H,80,106)(H,82,100)(H,83,107)(H,84,108)(H,85,109)(H,86,110)(H,87,101)(H,88,112)(H,89,111)(H,103,104)(H,90,91,93,94)/t44-,45-,54+,55+,56+,57+,58+,65+,66+,75+/m1/s1. The number of H-pyrrole nitrogens is 1. The Bertz CT molecular complexity index is 4180. The van der Waals surface area contributed by atoms with Gasteiger partial charge in [0.1, 0.15) is 59.4 Å². The van der Waals surface area contributed by atoms with E-state index >= 15 is 4.39 Å². The van der Waals surface area contributed by atoms with Crippen LogP contribution >= 0.6 is 0 Å². The molecule has 38 heteroatoms. The van der Waals surface area contributed by atoms with Crippen LogP contribution in [0.2, 0.25) is 0 Å². The molecule has 0 saturated carbocycles. The van der Waals surface area contributed by atoms with Gasteiger partial charge in [0, 0.05) is 69.6 Å². The number of nitrogens with two attached hydrogens (primary N) is 1. The minimum Gasteiger partial charge on any atom is -0.494 e. The number of ether oxygens (including phenoxy) is 1. The lowest BCUT2D eigenvalue weighted by molar-refractivity contribution is -0.142. The molecule has 2 heterocycles. The zero-order valence-corrected chi connectivity index (χ0v) is 63.7. The fraction of sp³-hybridized carbons (Fsp3) is 0.493. The Kier molecular flexibility index (Phi) is 35.6. The quantitative estimate of drug-likeness (QED) is 0.00993. The number of benzene rings is 4. The van der Waals surface area contributed by atoms with Crippen molar-refractivity contribution in [1.29, 1.82) is 0 Å². The monoisotopic (exact) mass is 1570 g/mol. The molecule has 610 valence electrons. The molecular weight excluding hydrogens is 1470 g/mol. The minimum absolute atomic E-state index is 0.00452. The summed E-state index contributed by atoms with van der Waals surface area (Å²) in [5.74, 6) is -13.8. The number of carboxylic acids is 1. The summed E-state index contributed by atoms with van der Waals surface area (Å²) in [5.41, 5.74) is 17.8. The number of hydrogen-bond acceptors (Lipinski definition) is 21. The topological polar surface area (TPSA) is 565 Å². The van der Waals surface area contributed by atoms with E-state index in [1.165, 1.54) is 18.2 Å². The van der Waals surface area contributed by atoms with Crippen molar-refractivity contribution in [3.63, 3.8) is 0 Å². The highest BCUT2D eigenvalue weighted by molar-refractivity contribution is 6.00. The maximum absolute atomic E-state index is 15.5. The SMILES string of the molecule is CCc1cc(OCCCCN=[N+]=[N-])ccc1-c1ccc(C[C@H](NC(=O)[C@H](CC(=O)O)NC(=O)[C@H](CO)NC(=O)[C@@H](NC(=O)[C@](C)(Cc2ccccc2F)NC(=O)[C@@H](NC(=O)CNC(=O)[C@H](Cc2nn[nH]n2)NC(=O)CCNC(=O)CCN2CCCC2=O)[C@@H](C)O)[C@@H](C)O)C(=O)N[C@@H](CCCc2cc(C)cc(C)c2)C(N)=O)cc1. The van der Waals surface area contributed by atoms with Gasteiger partial charge in [0.25, 0.3) is 0 Å². The highest BCUT2D eigenvalue weighted by Crippen LogP contribution is 2.29. The first-order valence-electron chi connectivity index (χ1n) is 36.9. The molecule has 1 fully saturated rings. The Morgan fingerprint density at radius 2 is 1.37 bits per heavy atom. The number of aromatic nitrogens is 4. The number of hydrogen-bond donors (Lipinski definition) is 16. The van der Waals surface area contributed by atoms with Crippen molar-refractivity contribution in [1.82, 2.24) is 78.7 Å². The Morgan fingerprint density at radius 3 is 2.00 bits per heavy atom. The Morgan fingerprint density at radius 1 is 0.717 bits per heavy atom. The average molecular weight is 1570 g/mol. The van der Waals surface area contributed by atoms with Gasteiger partial charge in [0.15, 0.2) is 5.82 Å². The van der Waals surface area contributed by atoms with Crippen LogP contribution in [0.15, 0.2) is 90.0 Å². The van der Waals surface area contributed by atoms with Gasteiger partial charge in [-0.25, -0.2) is 4.39 Å².